The van der Waals surface area contributed by atoms with E-state index < -0.39 is 0 Å². The van der Waals surface area contributed by atoms with E-state index in [1.54, 1.807) is 21.3 Å². The van der Waals surface area contributed by atoms with Gasteiger partial charge in [-0.25, -0.2) is 0 Å². The molecule has 1 aliphatic rings. The van der Waals surface area contributed by atoms with Crippen molar-refractivity contribution in [3.8, 4) is 23.0 Å². The van der Waals surface area contributed by atoms with Crippen LogP contribution in [0.3, 0.4) is 0 Å². The fraction of sp³-hybridized carbons (Fsp3) is 0.600. The molecule has 0 saturated carbocycles. The summed E-state index contributed by atoms with van der Waals surface area (Å²) in [6.45, 7) is 3.15. The van der Waals surface area contributed by atoms with Crippen LogP contribution in [0.1, 0.15) is 19.8 Å². The number of piperidine rings is 1. The zero-order valence-corrected chi connectivity index (χ0v) is 12.6. The van der Waals surface area contributed by atoms with Crippen LogP contribution < -0.4 is 24.3 Å². The van der Waals surface area contributed by atoms with E-state index in [4.69, 9.17) is 18.9 Å². The molecule has 2 unspecified atom stereocenters. The van der Waals surface area contributed by atoms with Gasteiger partial charge in [-0.3, -0.25) is 0 Å². The molecule has 1 saturated heterocycles. The summed E-state index contributed by atoms with van der Waals surface area (Å²) in [5, 5.41) is 3.41. The lowest BCUT2D eigenvalue weighted by molar-refractivity contribution is 0.143. The van der Waals surface area contributed by atoms with Gasteiger partial charge >= 0.3 is 0 Å². The first kappa shape index (κ1) is 14.8. The Labute approximate surface area is 120 Å². The Bertz CT molecular complexity index is 424. The van der Waals surface area contributed by atoms with E-state index in [-0.39, 0.29) is 6.10 Å². The predicted molar refractivity (Wildman–Crippen MR) is 77.2 cm³/mol. The average molecular weight is 281 g/mol. The second-order valence-corrected chi connectivity index (χ2v) is 4.98. The van der Waals surface area contributed by atoms with Gasteiger partial charge in [0.05, 0.1) is 21.3 Å². The van der Waals surface area contributed by atoms with Crippen LogP contribution in [0, 0.1) is 0 Å². The summed E-state index contributed by atoms with van der Waals surface area (Å²) < 4.78 is 22.0. The minimum atomic E-state index is 0.217. The quantitative estimate of drug-likeness (QED) is 0.897. The standard InChI is InChI=1S/C15H23NO4/c1-10-7-11(5-6-16-10)20-12-8-13(17-2)15(19-4)14(9-12)18-3/h8-11,16H,5-7H2,1-4H3. The molecule has 1 aliphatic heterocycles. The molecule has 2 atom stereocenters. The summed E-state index contributed by atoms with van der Waals surface area (Å²) in [5.41, 5.74) is 0. The monoisotopic (exact) mass is 281 g/mol. The lowest BCUT2D eigenvalue weighted by Gasteiger charge is -2.28. The van der Waals surface area contributed by atoms with Gasteiger partial charge in [0.1, 0.15) is 11.9 Å². The number of hydrogen-bond acceptors (Lipinski definition) is 5. The number of methoxy groups -OCH3 is 3. The van der Waals surface area contributed by atoms with E-state index in [0.717, 1.165) is 25.1 Å². The predicted octanol–water partition coefficient (Wildman–Crippen LogP) is 2.23. The molecular formula is C15H23NO4. The molecule has 5 heteroatoms. The summed E-state index contributed by atoms with van der Waals surface area (Å²) in [4.78, 5) is 0. The van der Waals surface area contributed by atoms with Gasteiger partial charge in [-0.05, 0) is 26.3 Å². The fourth-order valence-electron chi connectivity index (χ4n) is 2.51. The molecular weight excluding hydrogens is 258 g/mol. The third-order valence-electron chi connectivity index (χ3n) is 3.52. The molecule has 0 aromatic heterocycles. The number of ether oxygens (including phenoxy) is 4. The van der Waals surface area contributed by atoms with Gasteiger partial charge in [-0.2, -0.15) is 0 Å². The highest BCUT2D eigenvalue weighted by atomic mass is 16.5. The fourth-order valence-corrected chi connectivity index (χ4v) is 2.51. The molecule has 0 amide bonds. The molecule has 0 radical (unpaired) electrons. The van der Waals surface area contributed by atoms with Crippen LogP contribution >= 0.6 is 0 Å². The lowest BCUT2D eigenvalue weighted by atomic mass is 10.0. The van der Waals surface area contributed by atoms with Crippen molar-refractivity contribution in [2.45, 2.75) is 31.9 Å². The topological polar surface area (TPSA) is 49.0 Å². The van der Waals surface area contributed by atoms with Crippen molar-refractivity contribution in [2.24, 2.45) is 0 Å². The molecule has 1 aromatic carbocycles. The van der Waals surface area contributed by atoms with Crippen LogP contribution in [0.5, 0.6) is 23.0 Å². The molecule has 1 fully saturated rings. The second kappa shape index (κ2) is 6.70. The van der Waals surface area contributed by atoms with Crippen LogP contribution in [0.25, 0.3) is 0 Å². The summed E-state index contributed by atoms with van der Waals surface area (Å²) in [6.07, 6.45) is 2.21. The van der Waals surface area contributed by atoms with E-state index in [2.05, 4.69) is 12.2 Å². The first-order valence-electron chi connectivity index (χ1n) is 6.88. The third-order valence-corrected chi connectivity index (χ3v) is 3.52. The Morgan fingerprint density at radius 1 is 1.05 bits per heavy atom. The molecule has 1 N–H and O–H groups in total. The molecule has 2 rings (SSSR count). The lowest BCUT2D eigenvalue weighted by Crippen LogP contribution is -2.40. The molecule has 0 aliphatic carbocycles. The van der Waals surface area contributed by atoms with Crippen molar-refractivity contribution in [1.82, 2.24) is 5.32 Å². The van der Waals surface area contributed by atoms with Gasteiger partial charge in [0, 0.05) is 18.2 Å². The van der Waals surface area contributed by atoms with Crippen LogP contribution in [-0.4, -0.2) is 40.0 Å². The summed E-state index contributed by atoms with van der Waals surface area (Å²) in [5.74, 6) is 2.56. The second-order valence-electron chi connectivity index (χ2n) is 4.98. The Kier molecular flexibility index (Phi) is 4.95. The number of nitrogens with one attached hydrogen (secondary N) is 1. The summed E-state index contributed by atoms with van der Waals surface area (Å²) in [6, 6.07) is 4.16. The Morgan fingerprint density at radius 2 is 1.70 bits per heavy atom. The summed E-state index contributed by atoms with van der Waals surface area (Å²) in [7, 11) is 4.80. The molecule has 20 heavy (non-hydrogen) atoms. The van der Waals surface area contributed by atoms with Gasteiger partial charge in [-0.15, -0.1) is 0 Å². The zero-order valence-electron chi connectivity index (χ0n) is 12.6. The van der Waals surface area contributed by atoms with E-state index in [1.165, 1.54) is 0 Å². The van der Waals surface area contributed by atoms with Crippen molar-refractivity contribution >= 4 is 0 Å². The van der Waals surface area contributed by atoms with Crippen molar-refractivity contribution < 1.29 is 18.9 Å². The first-order chi connectivity index (χ1) is 9.67. The highest BCUT2D eigenvalue weighted by molar-refractivity contribution is 5.55. The van der Waals surface area contributed by atoms with E-state index in [1.807, 2.05) is 12.1 Å². The van der Waals surface area contributed by atoms with Crippen molar-refractivity contribution in [1.29, 1.82) is 0 Å². The third kappa shape index (κ3) is 3.28. The van der Waals surface area contributed by atoms with Crippen LogP contribution in [0.4, 0.5) is 0 Å². The number of hydrogen-bond donors (Lipinski definition) is 1. The first-order valence-corrected chi connectivity index (χ1v) is 6.88. The SMILES string of the molecule is COc1cc(OC2CCNC(C)C2)cc(OC)c1OC. The van der Waals surface area contributed by atoms with E-state index >= 15 is 0 Å². The van der Waals surface area contributed by atoms with Gasteiger partial charge < -0.3 is 24.3 Å². The van der Waals surface area contributed by atoms with Crippen LogP contribution in [0.15, 0.2) is 12.1 Å². The molecule has 1 aromatic rings. The smallest absolute Gasteiger partial charge is 0.203 e. The molecule has 112 valence electrons. The van der Waals surface area contributed by atoms with Gasteiger partial charge in [0.25, 0.3) is 0 Å². The van der Waals surface area contributed by atoms with Crippen molar-refractivity contribution in [2.75, 3.05) is 27.9 Å². The zero-order chi connectivity index (χ0) is 14.5. The maximum absolute atomic E-state index is 6.05. The summed E-state index contributed by atoms with van der Waals surface area (Å²) >= 11 is 0. The van der Waals surface area contributed by atoms with Gasteiger partial charge in [0.15, 0.2) is 11.5 Å². The van der Waals surface area contributed by atoms with Gasteiger partial charge in [-0.1, -0.05) is 0 Å². The van der Waals surface area contributed by atoms with Crippen molar-refractivity contribution in [3.05, 3.63) is 12.1 Å². The maximum atomic E-state index is 6.05. The highest BCUT2D eigenvalue weighted by Crippen LogP contribution is 2.41. The Morgan fingerprint density at radius 3 is 2.20 bits per heavy atom. The molecule has 1 heterocycles. The minimum Gasteiger partial charge on any atom is -0.493 e. The van der Waals surface area contributed by atoms with E-state index in [0.29, 0.717) is 23.3 Å². The Hall–Kier alpha value is -1.62. The number of rotatable bonds is 5. The van der Waals surface area contributed by atoms with Crippen LogP contribution in [0.2, 0.25) is 0 Å². The normalized spacial score (nSPS) is 22.2. The van der Waals surface area contributed by atoms with E-state index in [9.17, 15) is 0 Å². The Balaban J connectivity index is 2.19. The minimum absolute atomic E-state index is 0.217. The molecule has 5 nitrogen and oxygen atoms in total. The van der Waals surface area contributed by atoms with Crippen LogP contribution in [-0.2, 0) is 0 Å². The highest BCUT2D eigenvalue weighted by Gasteiger charge is 2.21. The maximum Gasteiger partial charge on any atom is 0.203 e. The van der Waals surface area contributed by atoms with Crippen molar-refractivity contribution in [3.63, 3.8) is 0 Å². The molecule has 0 bridgehead atoms. The van der Waals surface area contributed by atoms with Gasteiger partial charge in [0.2, 0.25) is 5.75 Å². The average Bonchev–Trinajstić information content (AvgIpc) is 2.46. The largest absolute Gasteiger partial charge is 0.493 e. The molecule has 0 spiro atoms. The number of benzene rings is 1.